The third-order valence-electron chi connectivity index (χ3n) is 1.46. The Hall–Kier alpha value is 0.660. The first-order valence-electron chi connectivity index (χ1n) is 4.47. The fourth-order valence-electron chi connectivity index (χ4n) is 0.755. The van der Waals surface area contributed by atoms with Crippen molar-refractivity contribution in [2.45, 2.75) is 12.5 Å². The second-order valence-corrected chi connectivity index (χ2v) is 5.78. The fraction of sp³-hybridized carbons (Fsp3) is 1.00. The molecule has 5 nitrogen and oxygen atoms in total. The van der Waals surface area contributed by atoms with E-state index in [4.69, 9.17) is 14.5 Å². The minimum atomic E-state index is -4.40. The molecule has 0 aromatic rings. The van der Waals surface area contributed by atoms with Gasteiger partial charge in [-0.05, 0) is 0 Å². The van der Waals surface area contributed by atoms with Gasteiger partial charge in [-0.3, -0.25) is 4.57 Å². The van der Waals surface area contributed by atoms with Gasteiger partial charge in [0.15, 0.2) is 0 Å². The minimum absolute atomic E-state index is 0.0362. The van der Waals surface area contributed by atoms with E-state index in [0.29, 0.717) is 6.61 Å². The third kappa shape index (κ3) is 11.2. The average Bonchev–Trinajstić information content (AvgIpc) is 2.14. The fourth-order valence-corrected chi connectivity index (χ4v) is 1.62. The summed E-state index contributed by atoms with van der Waals surface area (Å²) in [6.45, 7) is 0.192. The van der Waals surface area contributed by atoms with Crippen molar-refractivity contribution in [2.75, 3.05) is 30.4 Å². The summed E-state index contributed by atoms with van der Waals surface area (Å²) in [4.78, 5) is 16.8. The van der Waals surface area contributed by atoms with Gasteiger partial charge in [-0.1, -0.05) is 22.6 Å². The van der Waals surface area contributed by atoms with Crippen molar-refractivity contribution in [1.29, 1.82) is 0 Å². The van der Waals surface area contributed by atoms with Crippen molar-refractivity contribution in [3.63, 3.8) is 0 Å². The van der Waals surface area contributed by atoms with E-state index in [1.165, 1.54) is 0 Å². The molecule has 0 radical (unpaired) electrons. The van der Waals surface area contributed by atoms with Crippen molar-refractivity contribution in [2.24, 2.45) is 0 Å². The van der Waals surface area contributed by atoms with Crippen molar-refractivity contribution >= 4 is 30.2 Å². The van der Waals surface area contributed by atoms with Crippen LogP contribution in [0.5, 0.6) is 0 Å². The molecular formula is C7H14F2IO5P. The van der Waals surface area contributed by atoms with E-state index < -0.39 is 26.3 Å². The molecule has 0 saturated heterocycles. The molecule has 0 heterocycles. The predicted molar refractivity (Wildman–Crippen MR) is 62.1 cm³/mol. The van der Waals surface area contributed by atoms with E-state index >= 15 is 0 Å². The van der Waals surface area contributed by atoms with Crippen LogP contribution >= 0.6 is 30.2 Å². The summed E-state index contributed by atoms with van der Waals surface area (Å²) in [6, 6.07) is 0. The summed E-state index contributed by atoms with van der Waals surface area (Å²) in [5, 5.41) is 0. The molecule has 0 atom stereocenters. The summed E-state index contributed by atoms with van der Waals surface area (Å²) in [6.07, 6.45) is -5.41. The van der Waals surface area contributed by atoms with Crippen LogP contribution in [0.4, 0.5) is 8.78 Å². The minimum Gasteiger partial charge on any atom is -0.378 e. The smallest absolute Gasteiger partial charge is 0.356 e. The average molecular weight is 374 g/mol. The summed E-state index contributed by atoms with van der Waals surface area (Å²) in [5.41, 5.74) is 0. The van der Waals surface area contributed by atoms with Gasteiger partial charge in [0, 0.05) is 4.43 Å². The van der Waals surface area contributed by atoms with E-state index in [9.17, 15) is 13.3 Å². The molecular weight excluding hydrogens is 360 g/mol. The number of hydrogen-bond donors (Lipinski definition) is 2. The van der Waals surface area contributed by atoms with Crippen LogP contribution in [0.3, 0.4) is 0 Å². The van der Waals surface area contributed by atoms with Gasteiger partial charge in [-0.2, -0.15) is 8.78 Å². The second kappa shape index (κ2) is 7.88. The lowest BCUT2D eigenvalue weighted by Gasteiger charge is -2.16. The van der Waals surface area contributed by atoms with Gasteiger partial charge in [-0.25, -0.2) is 0 Å². The molecule has 0 aliphatic heterocycles. The van der Waals surface area contributed by atoms with Gasteiger partial charge < -0.3 is 19.3 Å². The molecule has 0 spiro atoms. The van der Waals surface area contributed by atoms with E-state index in [0.717, 1.165) is 4.43 Å². The van der Waals surface area contributed by atoms with Crippen LogP contribution in [-0.2, 0) is 14.0 Å². The maximum atomic E-state index is 12.8. The predicted octanol–water partition coefficient (Wildman–Crippen LogP) is 1.62. The van der Waals surface area contributed by atoms with E-state index in [2.05, 4.69) is 27.3 Å². The molecule has 0 aliphatic rings. The Morgan fingerprint density at radius 1 is 1.25 bits per heavy atom. The summed E-state index contributed by atoms with van der Waals surface area (Å²) in [5.74, 6) is 0. The molecule has 0 unspecified atom stereocenters. The molecule has 0 aromatic heterocycles. The zero-order valence-electron chi connectivity index (χ0n) is 8.44. The highest BCUT2D eigenvalue weighted by molar-refractivity contribution is 14.1. The van der Waals surface area contributed by atoms with Crippen molar-refractivity contribution in [3.8, 4) is 0 Å². The lowest BCUT2D eigenvalue weighted by atomic mass is 10.4. The monoisotopic (exact) mass is 374 g/mol. The molecule has 98 valence electrons. The van der Waals surface area contributed by atoms with E-state index in [-0.39, 0.29) is 13.2 Å². The van der Waals surface area contributed by atoms with Crippen LogP contribution in [0.15, 0.2) is 0 Å². The van der Waals surface area contributed by atoms with Gasteiger partial charge in [0.05, 0.1) is 32.4 Å². The highest BCUT2D eigenvalue weighted by atomic mass is 127. The van der Waals surface area contributed by atoms with Crippen molar-refractivity contribution in [1.82, 2.24) is 0 Å². The maximum Gasteiger partial charge on any atom is 0.356 e. The van der Waals surface area contributed by atoms with Crippen LogP contribution in [0, 0.1) is 0 Å². The van der Waals surface area contributed by atoms with Crippen molar-refractivity contribution < 1.29 is 32.6 Å². The molecule has 0 saturated carbocycles. The molecule has 0 bridgehead atoms. The largest absolute Gasteiger partial charge is 0.378 e. The lowest BCUT2D eigenvalue weighted by Crippen LogP contribution is -2.24. The Morgan fingerprint density at radius 3 is 2.38 bits per heavy atom. The Bertz CT molecular complexity index is 235. The Kier molecular flexibility index (Phi) is 8.21. The molecule has 0 aliphatic carbocycles. The van der Waals surface area contributed by atoms with Crippen LogP contribution in [-0.4, -0.2) is 46.3 Å². The van der Waals surface area contributed by atoms with Crippen LogP contribution in [0.1, 0.15) is 6.42 Å². The molecule has 0 rings (SSSR count). The molecule has 0 aromatic carbocycles. The summed E-state index contributed by atoms with van der Waals surface area (Å²) >= 11 is 2.08. The topological polar surface area (TPSA) is 76.0 Å². The quantitative estimate of drug-likeness (QED) is 0.278. The number of rotatable bonds is 9. The van der Waals surface area contributed by atoms with Crippen LogP contribution in [0.2, 0.25) is 0 Å². The van der Waals surface area contributed by atoms with Crippen molar-refractivity contribution in [3.05, 3.63) is 0 Å². The Balaban J connectivity index is 3.66. The van der Waals surface area contributed by atoms with Gasteiger partial charge in [-0.15, -0.1) is 0 Å². The van der Waals surface area contributed by atoms with Gasteiger partial charge in [0.2, 0.25) is 0 Å². The third-order valence-corrected chi connectivity index (χ3v) is 2.70. The SMILES string of the molecule is O=P(O)(O)CCC(F)(F)OCCOCCI. The first-order valence-corrected chi connectivity index (χ1v) is 7.79. The zero-order valence-corrected chi connectivity index (χ0v) is 11.5. The highest BCUT2D eigenvalue weighted by Gasteiger charge is 2.32. The molecule has 2 N–H and O–H groups in total. The van der Waals surface area contributed by atoms with Gasteiger partial charge in [0.1, 0.15) is 0 Å². The molecule has 0 amide bonds. The van der Waals surface area contributed by atoms with E-state index in [1.54, 1.807) is 0 Å². The summed E-state index contributed by atoms with van der Waals surface area (Å²) in [7, 11) is -4.40. The maximum absolute atomic E-state index is 12.8. The standard InChI is InChI=1S/C7H14F2IO5P/c8-7(9,1-6-16(11,12)13)15-5-4-14-3-2-10/h1-6H2,(H2,11,12,13). The van der Waals surface area contributed by atoms with Gasteiger partial charge in [0.25, 0.3) is 0 Å². The molecule has 16 heavy (non-hydrogen) atoms. The number of alkyl halides is 3. The van der Waals surface area contributed by atoms with Crippen LogP contribution in [0.25, 0.3) is 0 Å². The van der Waals surface area contributed by atoms with E-state index in [1.807, 2.05) is 0 Å². The lowest BCUT2D eigenvalue weighted by molar-refractivity contribution is -0.243. The highest BCUT2D eigenvalue weighted by Crippen LogP contribution is 2.38. The number of ether oxygens (including phenoxy) is 2. The second-order valence-electron chi connectivity index (χ2n) is 2.93. The van der Waals surface area contributed by atoms with Gasteiger partial charge >= 0.3 is 13.7 Å². The first kappa shape index (κ1) is 16.7. The normalized spacial score (nSPS) is 13.1. The first-order chi connectivity index (χ1) is 7.27. The Morgan fingerprint density at radius 2 is 1.88 bits per heavy atom. The summed E-state index contributed by atoms with van der Waals surface area (Å²) < 4.78 is 45.9. The number of hydrogen-bond acceptors (Lipinski definition) is 3. The molecule has 9 heteroatoms. The number of halogens is 3. The van der Waals surface area contributed by atoms with Crippen LogP contribution < -0.4 is 0 Å². The molecule has 0 fully saturated rings. The zero-order chi connectivity index (χ0) is 12.7. The Labute approximate surface area is 106 Å².